The normalized spacial score (nSPS) is 11.5. The molecular formula is C14H12N4O3S. The van der Waals surface area contributed by atoms with Gasteiger partial charge < -0.3 is 5.73 Å². The van der Waals surface area contributed by atoms with Gasteiger partial charge in [0.25, 0.3) is 10.0 Å². The summed E-state index contributed by atoms with van der Waals surface area (Å²) in [7, 11) is -3.78. The highest BCUT2D eigenvalue weighted by Crippen LogP contribution is 2.23. The molecule has 3 aromatic rings. The molecule has 4 N–H and O–H groups in total. The van der Waals surface area contributed by atoms with Gasteiger partial charge in [-0.15, -0.1) is 0 Å². The molecule has 2 aromatic carbocycles. The molecule has 8 heteroatoms. The SMILES string of the molecule is NC(=O)c1ccc(S(=O)(=O)Nc2cccc3cn[nH]c23)cc1. The first-order valence-corrected chi connectivity index (χ1v) is 7.80. The van der Waals surface area contributed by atoms with Gasteiger partial charge in [-0.3, -0.25) is 14.6 Å². The number of anilines is 1. The number of para-hydroxylation sites is 1. The van der Waals surface area contributed by atoms with E-state index in [0.717, 1.165) is 5.39 Å². The van der Waals surface area contributed by atoms with Crippen LogP contribution in [0, 0.1) is 0 Å². The molecule has 3 rings (SSSR count). The average Bonchev–Trinajstić information content (AvgIpc) is 2.96. The maximum atomic E-state index is 12.4. The third-order valence-electron chi connectivity index (χ3n) is 3.17. The summed E-state index contributed by atoms with van der Waals surface area (Å²) in [4.78, 5) is 11.1. The Morgan fingerprint density at radius 1 is 1.14 bits per heavy atom. The van der Waals surface area contributed by atoms with E-state index in [1.54, 1.807) is 18.3 Å². The predicted octanol–water partition coefficient (Wildman–Crippen LogP) is 1.46. The molecule has 7 nitrogen and oxygen atoms in total. The lowest BCUT2D eigenvalue weighted by Gasteiger charge is -2.09. The molecule has 0 aliphatic rings. The molecule has 0 aliphatic heterocycles. The number of carbonyl (C=O) groups excluding carboxylic acids is 1. The number of aromatic amines is 1. The molecule has 0 unspecified atom stereocenters. The second kappa shape index (κ2) is 5.15. The molecule has 0 bridgehead atoms. The number of nitrogens with zero attached hydrogens (tertiary/aromatic N) is 1. The smallest absolute Gasteiger partial charge is 0.261 e. The number of rotatable bonds is 4. The molecule has 1 heterocycles. The maximum Gasteiger partial charge on any atom is 0.261 e. The highest BCUT2D eigenvalue weighted by Gasteiger charge is 2.16. The summed E-state index contributed by atoms with van der Waals surface area (Å²) < 4.78 is 27.3. The van der Waals surface area contributed by atoms with E-state index in [1.165, 1.54) is 24.3 Å². The van der Waals surface area contributed by atoms with Crippen molar-refractivity contribution in [2.45, 2.75) is 4.90 Å². The van der Waals surface area contributed by atoms with Gasteiger partial charge >= 0.3 is 0 Å². The topological polar surface area (TPSA) is 118 Å². The standard InChI is InChI=1S/C14H12N4O3S/c15-14(19)9-4-6-11(7-5-9)22(20,21)18-12-3-1-2-10-8-16-17-13(10)12/h1-8,18H,(H2,15,19)(H,16,17). The lowest BCUT2D eigenvalue weighted by atomic mass is 10.2. The number of H-pyrrole nitrogens is 1. The Balaban J connectivity index is 1.96. The number of nitrogens with one attached hydrogen (secondary N) is 2. The van der Waals surface area contributed by atoms with Crippen molar-refractivity contribution in [3.05, 3.63) is 54.2 Å². The lowest BCUT2D eigenvalue weighted by Crippen LogP contribution is -2.14. The van der Waals surface area contributed by atoms with Crippen LogP contribution in [0.4, 0.5) is 5.69 Å². The molecule has 0 saturated heterocycles. The minimum absolute atomic E-state index is 0.0361. The summed E-state index contributed by atoms with van der Waals surface area (Å²) in [6.07, 6.45) is 1.61. The Bertz CT molecular complexity index is 946. The number of carbonyl (C=O) groups is 1. The minimum atomic E-state index is -3.78. The van der Waals surface area contributed by atoms with Crippen LogP contribution in [0.5, 0.6) is 0 Å². The molecular weight excluding hydrogens is 304 g/mol. The molecule has 0 spiro atoms. The number of hydrogen-bond acceptors (Lipinski definition) is 4. The number of nitrogens with two attached hydrogens (primary N) is 1. The predicted molar refractivity (Wildman–Crippen MR) is 81.9 cm³/mol. The number of hydrogen-bond donors (Lipinski definition) is 3. The van der Waals surface area contributed by atoms with Gasteiger partial charge in [-0.05, 0) is 30.3 Å². The van der Waals surface area contributed by atoms with Gasteiger partial charge in [0.2, 0.25) is 5.91 Å². The Labute approximate surface area is 126 Å². The maximum absolute atomic E-state index is 12.4. The van der Waals surface area contributed by atoms with Gasteiger partial charge in [-0.1, -0.05) is 12.1 Å². The lowest BCUT2D eigenvalue weighted by molar-refractivity contribution is 0.1000. The first-order valence-electron chi connectivity index (χ1n) is 6.32. The molecule has 0 aliphatic carbocycles. The third kappa shape index (κ3) is 2.51. The van der Waals surface area contributed by atoms with Crippen molar-refractivity contribution < 1.29 is 13.2 Å². The Kier molecular flexibility index (Phi) is 3.30. The Hall–Kier alpha value is -2.87. The van der Waals surface area contributed by atoms with Crippen molar-refractivity contribution in [2.24, 2.45) is 5.73 Å². The van der Waals surface area contributed by atoms with Gasteiger partial charge in [-0.25, -0.2) is 8.42 Å². The fraction of sp³-hybridized carbons (Fsp3) is 0. The van der Waals surface area contributed by atoms with Crippen LogP contribution >= 0.6 is 0 Å². The zero-order valence-electron chi connectivity index (χ0n) is 11.3. The van der Waals surface area contributed by atoms with E-state index in [-0.39, 0.29) is 10.5 Å². The summed E-state index contributed by atoms with van der Waals surface area (Å²) in [6, 6.07) is 10.6. The van der Waals surface area contributed by atoms with E-state index in [2.05, 4.69) is 14.9 Å². The van der Waals surface area contributed by atoms with E-state index in [4.69, 9.17) is 5.73 Å². The van der Waals surface area contributed by atoms with E-state index in [0.29, 0.717) is 11.2 Å². The molecule has 1 amide bonds. The monoisotopic (exact) mass is 316 g/mol. The van der Waals surface area contributed by atoms with Crippen molar-refractivity contribution in [1.29, 1.82) is 0 Å². The number of fused-ring (bicyclic) bond motifs is 1. The Morgan fingerprint density at radius 2 is 1.86 bits per heavy atom. The number of aromatic nitrogens is 2. The van der Waals surface area contributed by atoms with Gasteiger partial charge in [0.1, 0.15) is 0 Å². The molecule has 0 atom stereocenters. The van der Waals surface area contributed by atoms with Crippen LogP contribution in [-0.2, 0) is 10.0 Å². The minimum Gasteiger partial charge on any atom is -0.366 e. The summed E-state index contributed by atoms with van der Waals surface area (Å²) in [5.41, 5.74) is 6.37. The number of primary amides is 1. The molecule has 112 valence electrons. The quantitative estimate of drug-likeness (QED) is 0.675. The molecule has 0 radical (unpaired) electrons. The highest BCUT2D eigenvalue weighted by atomic mass is 32.2. The van der Waals surface area contributed by atoms with E-state index >= 15 is 0 Å². The third-order valence-corrected chi connectivity index (χ3v) is 4.55. The second-order valence-electron chi connectivity index (χ2n) is 4.63. The van der Waals surface area contributed by atoms with E-state index in [9.17, 15) is 13.2 Å². The summed E-state index contributed by atoms with van der Waals surface area (Å²) in [5.74, 6) is -0.612. The molecule has 0 saturated carbocycles. The van der Waals surface area contributed by atoms with E-state index in [1.807, 2.05) is 6.07 Å². The van der Waals surface area contributed by atoms with Crippen molar-refractivity contribution in [1.82, 2.24) is 10.2 Å². The van der Waals surface area contributed by atoms with Crippen LogP contribution in [0.3, 0.4) is 0 Å². The van der Waals surface area contributed by atoms with Gasteiger partial charge in [0.05, 0.1) is 22.3 Å². The molecule has 1 aromatic heterocycles. The van der Waals surface area contributed by atoms with Crippen LogP contribution in [0.2, 0.25) is 0 Å². The number of benzene rings is 2. The number of sulfonamides is 1. The molecule has 22 heavy (non-hydrogen) atoms. The summed E-state index contributed by atoms with van der Waals surface area (Å²) in [5, 5.41) is 7.43. The highest BCUT2D eigenvalue weighted by molar-refractivity contribution is 7.92. The first-order chi connectivity index (χ1) is 10.5. The van der Waals surface area contributed by atoms with Crippen LogP contribution in [0.1, 0.15) is 10.4 Å². The van der Waals surface area contributed by atoms with Gasteiger partial charge in [-0.2, -0.15) is 5.10 Å². The van der Waals surface area contributed by atoms with Crippen molar-refractivity contribution >= 4 is 32.5 Å². The number of amides is 1. The van der Waals surface area contributed by atoms with Crippen molar-refractivity contribution in [3.63, 3.8) is 0 Å². The first kappa shape index (κ1) is 14.1. The van der Waals surface area contributed by atoms with Crippen LogP contribution in [0.15, 0.2) is 53.6 Å². The van der Waals surface area contributed by atoms with Gasteiger partial charge in [0.15, 0.2) is 0 Å². The summed E-state index contributed by atoms with van der Waals surface area (Å²) in [6.45, 7) is 0. The van der Waals surface area contributed by atoms with Crippen molar-refractivity contribution in [3.8, 4) is 0 Å². The van der Waals surface area contributed by atoms with Crippen LogP contribution in [-0.4, -0.2) is 24.5 Å². The average molecular weight is 316 g/mol. The molecule has 0 fully saturated rings. The largest absolute Gasteiger partial charge is 0.366 e. The zero-order chi connectivity index (χ0) is 15.7. The summed E-state index contributed by atoms with van der Waals surface area (Å²) >= 11 is 0. The Morgan fingerprint density at radius 3 is 2.55 bits per heavy atom. The van der Waals surface area contributed by atoms with Crippen molar-refractivity contribution in [2.75, 3.05) is 4.72 Å². The fourth-order valence-electron chi connectivity index (χ4n) is 2.06. The van der Waals surface area contributed by atoms with Gasteiger partial charge in [0, 0.05) is 10.9 Å². The van der Waals surface area contributed by atoms with Crippen LogP contribution < -0.4 is 10.5 Å². The second-order valence-corrected chi connectivity index (χ2v) is 6.32. The zero-order valence-corrected chi connectivity index (χ0v) is 12.1. The fourth-order valence-corrected chi connectivity index (χ4v) is 3.13. The van der Waals surface area contributed by atoms with Crippen LogP contribution in [0.25, 0.3) is 10.9 Å². The van der Waals surface area contributed by atoms with E-state index < -0.39 is 15.9 Å².